The second-order valence-electron chi connectivity index (χ2n) is 7.07. The van der Waals surface area contributed by atoms with Crippen molar-refractivity contribution in [1.29, 1.82) is 0 Å². The number of nitrogens with zero attached hydrogens (tertiary/aromatic N) is 1. The van der Waals surface area contributed by atoms with Gasteiger partial charge in [-0.25, -0.2) is 0 Å². The highest BCUT2D eigenvalue weighted by Gasteiger charge is 2.35. The van der Waals surface area contributed by atoms with Crippen molar-refractivity contribution in [3.05, 3.63) is 0 Å². The highest BCUT2D eigenvalue weighted by Crippen LogP contribution is 2.34. The van der Waals surface area contributed by atoms with Crippen molar-refractivity contribution in [3.8, 4) is 0 Å². The van der Waals surface area contributed by atoms with E-state index in [1.54, 1.807) is 0 Å². The maximum Gasteiger partial charge on any atom is 0.390 e. The molecule has 0 aromatic carbocycles. The molecule has 23 heavy (non-hydrogen) atoms. The first-order valence-corrected chi connectivity index (χ1v) is 8.34. The minimum Gasteiger partial charge on any atom is -0.377 e. The lowest BCUT2D eigenvalue weighted by Crippen LogP contribution is -2.43. The number of aliphatic imine (C=N–C) groups is 1. The van der Waals surface area contributed by atoms with Gasteiger partial charge in [0.25, 0.3) is 0 Å². The number of nitrogens with one attached hydrogen (secondary N) is 2. The van der Waals surface area contributed by atoms with Crippen LogP contribution in [0.3, 0.4) is 0 Å². The minimum atomic E-state index is -4.15. The number of rotatable bonds is 5. The van der Waals surface area contributed by atoms with Crippen molar-refractivity contribution in [2.45, 2.75) is 59.2 Å². The van der Waals surface area contributed by atoms with Crippen molar-refractivity contribution in [2.75, 3.05) is 26.2 Å². The Kier molecular flexibility index (Phi) is 7.64. The lowest BCUT2D eigenvalue weighted by atomic mass is 9.78. The molecule has 1 heterocycles. The van der Waals surface area contributed by atoms with Gasteiger partial charge in [0.2, 0.25) is 0 Å². The SMILES string of the molecule is CCNC(=NCC1CCCOC1C(C)(C)C)NCCC(F)(F)F. The summed E-state index contributed by atoms with van der Waals surface area (Å²) in [6.45, 7) is 10.1. The molecule has 1 aliphatic rings. The molecular weight excluding hydrogens is 307 g/mol. The van der Waals surface area contributed by atoms with Gasteiger partial charge < -0.3 is 15.4 Å². The second-order valence-corrected chi connectivity index (χ2v) is 7.07. The average molecular weight is 337 g/mol. The molecule has 0 amide bonds. The van der Waals surface area contributed by atoms with Crippen LogP contribution in [0.4, 0.5) is 13.2 Å². The molecule has 4 nitrogen and oxygen atoms in total. The van der Waals surface area contributed by atoms with Crippen LogP contribution < -0.4 is 10.6 Å². The number of alkyl halides is 3. The number of hydrogen-bond donors (Lipinski definition) is 2. The van der Waals surface area contributed by atoms with E-state index in [1.165, 1.54) is 0 Å². The number of guanidine groups is 1. The number of hydrogen-bond acceptors (Lipinski definition) is 2. The quantitative estimate of drug-likeness (QED) is 0.597. The largest absolute Gasteiger partial charge is 0.390 e. The molecule has 0 aliphatic carbocycles. The molecule has 2 unspecified atom stereocenters. The summed E-state index contributed by atoms with van der Waals surface area (Å²) in [6.07, 6.45) is -2.86. The Morgan fingerprint density at radius 2 is 1.91 bits per heavy atom. The first-order chi connectivity index (χ1) is 10.6. The van der Waals surface area contributed by atoms with Crippen LogP contribution in [0, 0.1) is 11.3 Å². The number of ether oxygens (including phenoxy) is 1. The maximum atomic E-state index is 12.2. The predicted molar refractivity (Wildman–Crippen MR) is 86.6 cm³/mol. The van der Waals surface area contributed by atoms with Crippen molar-refractivity contribution < 1.29 is 17.9 Å². The summed E-state index contributed by atoms with van der Waals surface area (Å²) < 4.78 is 42.6. The van der Waals surface area contributed by atoms with Crippen LogP contribution in [0.1, 0.15) is 47.0 Å². The topological polar surface area (TPSA) is 45.7 Å². The molecule has 0 saturated carbocycles. The summed E-state index contributed by atoms with van der Waals surface area (Å²) >= 11 is 0. The molecule has 0 aromatic rings. The van der Waals surface area contributed by atoms with Gasteiger partial charge >= 0.3 is 6.18 Å². The summed E-state index contributed by atoms with van der Waals surface area (Å²) in [5.41, 5.74) is 0.0304. The highest BCUT2D eigenvalue weighted by molar-refractivity contribution is 5.79. The fraction of sp³-hybridized carbons (Fsp3) is 0.938. The molecule has 1 fully saturated rings. The Bertz CT molecular complexity index is 378. The molecular formula is C16H30F3N3O. The molecule has 7 heteroatoms. The van der Waals surface area contributed by atoms with E-state index in [2.05, 4.69) is 36.4 Å². The first-order valence-electron chi connectivity index (χ1n) is 8.34. The van der Waals surface area contributed by atoms with Gasteiger partial charge in [0, 0.05) is 32.2 Å². The zero-order valence-electron chi connectivity index (χ0n) is 14.6. The van der Waals surface area contributed by atoms with E-state index in [1.807, 2.05) is 6.92 Å². The van der Waals surface area contributed by atoms with E-state index in [9.17, 15) is 13.2 Å². The van der Waals surface area contributed by atoms with E-state index in [0.717, 1.165) is 19.4 Å². The van der Waals surface area contributed by atoms with Gasteiger partial charge in [-0.05, 0) is 25.2 Å². The minimum absolute atomic E-state index is 0.0304. The highest BCUT2D eigenvalue weighted by atomic mass is 19.4. The molecule has 1 rings (SSSR count). The fourth-order valence-electron chi connectivity index (χ4n) is 2.86. The van der Waals surface area contributed by atoms with Gasteiger partial charge in [-0.15, -0.1) is 0 Å². The van der Waals surface area contributed by atoms with Crippen LogP contribution in [0.5, 0.6) is 0 Å². The average Bonchev–Trinajstić information content (AvgIpc) is 2.43. The summed E-state index contributed by atoms with van der Waals surface area (Å²) in [5, 5.41) is 5.74. The second kappa shape index (κ2) is 8.76. The van der Waals surface area contributed by atoms with E-state index in [0.29, 0.717) is 25.0 Å². The number of halogens is 3. The van der Waals surface area contributed by atoms with Gasteiger partial charge in [0.1, 0.15) is 0 Å². The summed E-state index contributed by atoms with van der Waals surface area (Å²) in [5.74, 6) is 0.733. The maximum absolute atomic E-state index is 12.2. The molecule has 0 aromatic heterocycles. The Morgan fingerprint density at radius 3 is 2.48 bits per heavy atom. The van der Waals surface area contributed by atoms with E-state index < -0.39 is 12.6 Å². The molecule has 0 spiro atoms. The zero-order valence-corrected chi connectivity index (χ0v) is 14.6. The third-order valence-electron chi connectivity index (χ3n) is 3.83. The van der Waals surface area contributed by atoms with Crippen LogP contribution in [0.15, 0.2) is 4.99 Å². The third kappa shape index (κ3) is 7.90. The van der Waals surface area contributed by atoms with Gasteiger partial charge in [-0.3, -0.25) is 4.99 Å². The van der Waals surface area contributed by atoms with Gasteiger partial charge in [-0.2, -0.15) is 13.2 Å². The Balaban J connectivity index is 2.60. The first kappa shape index (κ1) is 20.1. The summed E-state index contributed by atoms with van der Waals surface area (Å²) in [6, 6.07) is 0. The third-order valence-corrected chi connectivity index (χ3v) is 3.83. The molecule has 0 bridgehead atoms. The lowest BCUT2D eigenvalue weighted by Gasteiger charge is -2.39. The van der Waals surface area contributed by atoms with Crippen LogP contribution in [-0.2, 0) is 4.74 Å². The molecule has 2 N–H and O–H groups in total. The van der Waals surface area contributed by atoms with E-state index in [-0.39, 0.29) is 18.1 Å². The Labute approximate surface area is 137 Å². The van der Waals surface area contributed by atoms with Crippen LogP contribution in [-0.4, -0.2) is 44.5 Å². The van der Waals surface area contributed by atoms with Crippen LogP contribution >= 0.6 is 0 Å². The summed E-state index contributed by atoms with van der Waals surface area (Å²) in [7, 11) is 0. The molecule has 1 aliphatic heterocycles. The van der Waals surface area contributed by atoms with Crippen molar-refractivity contribution in [1.82, 2.24) is 10.6 Å². The smallest absolute Gasteiger partial charge is 0.377 e. The lowest BCUT2D eigenvalue weighted by molar-refractivity contribution is -0.132. The van der Waals surface area contributed by atoms with E-state index >= 15 is 0 Å². The molecule has 1 saturated heterocycles. The normalized spacial score (nSPS) is 23.7. The van der Waals surface area contributed by atoms with Gasteiger partial charge in [0.05, 0.1) is 12.5 Å². The molecule has 2 atom stereocenters. The van der Waals surface area contributed by atoms with Crippen LogP contribution in [0.25, 0.3) is 0 Å². The van der Waals surface area contributed by atoms with Gasteiger partial charge in [-0.1, -0.05) is 20.8 Å². The molecule has 0 radical (unpaired) electrons. The van der Waals surface area contributed by atoms with Crippen molar-refractivity contribution in [2.24, 2.45) is 16.3 Å². The van der Waals surface area contributed by atoms with Crippen molar-refractivity contribution >= 4 is 5.96 Å². The predicted octanol–water partition coefficient (Wildman–Crippen LogP) is 3.34. The van der Waals surface area contributed by atoms with E-state index in [4.69, 9.17) is 4.74 Å². The summed E-state index contributed by atoms with van der Waals surface area (Å²) in [4.78, 5) is 4.47. The monoisotopic (exact) mass is 337 g/mol. The zero-order chi connectivity index (χ0) is 17.5. The Hall–Kier alpha value is -0.980. The molecule has 136 valence electrons. The Morgan fingerprint density at radius 1 is 1.22 bits per heavy atom. The fourth-order valence-corrected chi connectivity index (χ4v) is 2.86. The standard InChI is InChI=1S/C16H30F3N3O/c1-5-20-14(21-9-8-16(17,18)19)22-11-12-7-6-10-23-13(12)15(2,3)4/h12-13H,5-11H2,1-4H3,(H2,20,21,22). The van der Waals surface area contributed by atoms with Crippen LogP contribution in [0.2, 0.25) is 0 Å². The van der Waals surface area contributed by atoms with Gasteiger partial charge in [0.15, 0.2) is 5.96 Å². The van der Waals surface area contributed by atoms with Crippen molar-refractivity contribution in [3.63, 3.8) is 0 Å².